The Hall–Kier alpha value is -1.27. The molecule has 42 heavy (non-hydrogen) atoms. The Labute approximate surface area is 275 Å². The minimum absolute atomic E-state index is 0. The molecule has 0 nitrogen and oxygen atoms in total. The molecule has 0 saturated carbocycles. The van der Waals surface area contributed by atoms with Crippen LogP contribution in [0.25, 0.3) is 22.3 Å². The fourth-order valence-corrected chi connectivity index (χ4v) is 16.8. The average Bonchev–Trinajstić information content (AvgIpc) is 3.56. The second-order valence-electron chi connectivity index (χ2n) is 16.1. The molecule has 0 amide bonds. The Morgan fingerprint density at radius 1 is 0.738 bits per heavy atom. The largest absolute Gasteiger partial charge is 1.00 e. The molecule has 0 fully saturated rings. The van der Waals surface area contributed by atoms with Gasteiger partial charge in [-0.05, 0) is 0 Å². The van der Waals surface area contributed by atoms with Crippen molar-refractivity contribution >= 4 is 14.4 Å². The van der Waals surface area contributed by atoms with Crippen molar-refractivity contribution in [3.8, 4) is 11.1 Å². The summed E-state index contributed by atoms with van der Waals surface area (Å²) in [7, 11) is 0. The van der Waals surface area contributed by atoms with Crippen LogP contribution in [0, 0.1) is 10.8 Å². The molecule has 2 aromatic carbocycles. The van der Waals surface area contributed by atoms with E-state index in [0.29, 0.717) is 0 Å². The molecule has 0 radical (unpaired) electrons. The monoisotopic (exact) mass is 676 g/mol. The molecular weight excluding hydrogens is 631 g/mol. The minimum Gasteiger partial charge on any atom is -1.00 e. The fourth-order valence-electron chi connectivity index (χ4n) is 8.07. The molecule has 3 heteroatoms. The molecule has 0 N–H and O–H groups in total. The SMILES string of the molecule is C[C](C)=[Zr+2]([C]1=CC=CC1)[C]1=C(C(C)(C)C)c2cc3c(cc2C1(C)C)Cc1cc2c(cc1-3)C(C(C)(C)C)=CC2(C)C.[Cl-].[Cl-]. The zero-order valence-corrected chi connectivity index (χ0v) is 31.8. The topological polar surface area (TPSA) is 0 Å². The summed E-state index contributed by atoms with van der Waals surface area (Å²) in [6, 6.07) is 10.4. The van der Waals surface area contributed by atoms with Crippen molar-refractivity contribution in [3.05, 3.63) is 88.5 Å². The van der Waals surface area contributed by atoms with Gasteiger partial charge in [-0.2, -0.15) is 0 Å². The summed E-state index contributed by atoms with van der Waals surface area (Å²) in [5.41, 5.74) is 15.7. The standard InChI is InChI=1S/C31H37.C5H5.C3H6.2ClH.Zr/c1-28(2,3)26-16-30(7,8)24-12-18-11-19-13-25-23(15-21(19)20(18)14-22(24)26)27(29(4,5)6)17-31(25,9)10;1-2-4-5-3-1;1-3-2;;;/h12-16H,11H2,1-10H3;1-3H,4H2;1-2H3;2*1H;/q;;;;;+2/p-2. The van der Waals surface area contributed by atoms with Gasteiger partial charge in [-0.1, -0.05) is 0 Å². The summed E-state index contributed by atoms with van der Waals surface area (Å²) in [5.74, 6) is 0. The van der Waals surface area contributed by atoms with Gasteiger partial charge >= 0.3 is 253 Å². The van der Waals surface area contributed by atoms with Crippen LogP contribution in [0.15, 0.2) is 55.1 Å². The van der Waals surface area contributed by atoms with Crippen molar-refractivity contribution in [1.82, 2.24) is 0 Å². The van der Waals surface area contributed by atoms with Crippen LogP contribution >= 0.6 is 0 Å². The third-order valence-corrected chi connectivity index (χ3v) is 18.2. The number of hydrogen-bond acceptors (Lipinski definition) is 0. The van der Waals surface area contributed by atoms with Crippen LogP contribution in [0.5, 0.6) is 0 Å². The van der Waals surface area contributed by atoms with Crippen molar-refractivity contribution in [1.29, 1.82) is 0 Å². The zero-order valence-electron chi connectivity index (χ0n) is 27.8. The molecule has 0 heterocycles. The summed E-state index contributed by atoms with van der Waals surface area (Å²) >= 11 is -2.20. The van der Waals surface area contributed by atoms with Gasteiger partial charge in [0.15, 0.2) is 0 Å². The molecular formula is C39H48Cl2Zr. The quantitative estimate of drug-likeness (QED) is 0.369. The van der Waals surface area contributed by atoms with E-state index < -0.39 is 21.3 Å². The zero-order chi connectivity index (χ0) is 29.2. The van der Waals surface area contributed by atoms with E-state index in [4.69, 9.17) is 0 Å². The second-order valence-corrected chi connectivity index (χ2v) is 23.2. The molecule has 0 bridgehead atoms. The maximum absolute atomic E-state index is 2.63. The minimum atomic E-state index is -2.20. The van der Waals surface area contributed by atoms with Crippen LogP contribution in [0.3, 0.4) is 0 Å². The van der Waals surface area contributed by atoms with Gasteiger partial charge in [0.25, 0.3) is 0 Å². The van der Waals surface area contributed by atoms with E-state index >= 15 is 0 Å². The van der Waals surface area contributed by atoms with Crippen molar-refractivity contribution in [2.24, 2.45) is 10.8 Å². The molecule has 2 aromatic rings. The van der Waals surface area contributed by atoms with Crippen LogP contribution in [0.2, 0.25) is 0 Å². The van der Waals surface area contributed by atoms with E-state index in [0.717, 1.165) is 12.8 Å². The van der Waals surface area contributed by atoms with Gasteiger partial charge < -0.3 is 24.8 Å². The van der Waals surface area contributed by atoms with Crippen molar-refractivity contribution < 1.29 is 46.1 Å². The molecule has 0 aromatic heterocycles. The van der Waals surface area contributed by atoms with Gasteiger partial charge in [0, 0.05) is 0 Å². The number of benzene rings is 2. The maximum atomic E-state index is 2.63. The Morgan fingerprint density at radius 2 is 1.31 bits per heavy atom. The van der Waals surface area contributed by atoms with Crippen molar-refractivity contribution in [2.45, 2.75) is 107 Å². The first-order chi connectivity index (χ1) is 18.4. The molecule has 6 rings (SSSR count). The van der Waals surface area contributed by atoms with Crippen LogP contribution in [-0.2, 0) is 38.5 Å². The smallest absolute Gasteiger partial charge is 1.00 e. The van der Waals surface area contributed by atoms with Crippen molar-refractivity contribution in [3.63, 3.8) is 0 Å². The third-order valence-electron chi connectivity index (χ3n) is 9.87. The van der Waals surface area contributed by atoms with Gasteiger partial charge in [0.2, 0.25) is 0 Å². The molecule has 222 valence electrons. The van der Waals surface area contributed by atoms with E-state index in [-0.39, 0.29) is 46.5 Å². The number of rotatable bonds is 2. The van der Waals surface area contributed by atoms with E-state index in [9.17, 15) is 0 Å². The Kier molecular flexibility index (Phi) is 8.54. The second kappa shape index (κ2) is 10.7. The van der Waals surface area contributed by atoms with Crippen LogP contribution in [0.4, 0.5) is 0 Å². The van der Waals surface area contributed by atoms with Crippen molar-refractivity contribution in [2.75, 3.05) is 0 Å². The fraction of sp³-hybridized carbons (Fsp3) is 0.462. The average molecular weight is 679 g/mol. The van der Waals surface area contributed by atoms with E-state index in [1.165, 1.54) is 44.5 Å². The molecule has 0 aliphatic heterocycles. The van der Waals surface area contributed by atoms with E-state index in [1.54, 1.807) is 17.6 Å². The van der Waals surface area contributed by atoms with Gasteiger partial charge in [0.1, 0.15) is 0 Å². The Bertz CT molecular complexity index is 1650. The number of fused-ring (bicyclic) bond motifs is 5. The summed E-state index contributed by atoms with van der Waals surface area (Å²) in [6.45, 7) is 29.2. The number of halogens is 2. The summed E-state index contributed by atoms with van der Waals surface area (Å²) in [5, 5.41) is 0. The summed E-state index contributed by atoms with van der Waals surface area (Å²) in [6.07, 6.45) is 11.9. The summed E-state index contributed by atoms with van der Waals surface area (Å²) < 4.78 is 5.27. The molecule has 4 aliphatic carbocycles. The number of hydrogen-bond donors (Lipinski definition) is 0. The third kappa shape index (κ3) is 5.03. The summed E-state index contributed by atoms with van der Waals surface area (Å²) in [4.78, 5) is 0. The van der Waals surface area contributed by atoms with Gasteiger partial charge in [-0.3, -0.25) is 0 Å². The van der Waals surface area contributed by atoms with Crippen LogP contribution in [-0.4, -0.2) is 3.21 Å². The van der Waals surface area contributed by atoms with Gasteiger partial charge in [-0.25, -0.2) is 0 Å². The normalized spacial score (nSPS) is 18.6. The Balaban J connectivity index is 0.00000202. The van der Waals surface area contributed by atoms with E-state index in [1.807, 2.05) is 3.28 Å². The first-order valence-electron chi connectivity index (χ1n) is 15.3. The predicted molar refractivity (Wildman–Crippen MR) is 173 cm³/mol. The Morgan fingerprint density at radius 3 is 1.81 bits per heavy atom. The molecule has 4 aliphatic rings. The maximum Gasteiger partial charge on any atom is -1.00 e. The van der Waals surface area contributed by atoms with Gasteiger partial charge in [-0.15, -0.1) is 0 Å². The molecule has 0 spiro atoms. The molecule has 0 unspecified atom stereocenters. The molecule has 0 atom stereocenters. The van der Waals surface area contributed by atoms with Crippen LogP contribution in [0.1, 0.15) is 123 Å². The van der Waals surface area contributed by atoms with Gasteiger partial charge in [0.05, 0.1) is 0 Å². The van der Waals surface area contributed by atoms with E-state index in [2.05, 4.69) is 132 Å². The number of allylic oxidation sites excluding steroid dienone is 8. The first kappa shape index (κ1) is 33.6. The first-order valence-corrected chi connectivity index (χ1v) is 19.0. The predicted octanol–water partition coefficient (Wildman–Crippen LogP) is 4.71. The molecule has 0 saturated heterocycles. The van der Waals surface area contributed by atoms with Crippen LogP contribution < -0.4 is 24.8 Å².